The molecule has 0 radical (unpaired) electrons. The Morgan fingerprint density at radius 3 is 2.82 bits per heavy atom. The Morgan fingerprint density at radius 2 is 2.18 bits per heavy atom. The molecule has 1 saturated heterocycles. The monoisotopic (exact) mass is 386 g/mol. The molecule has 1 aliphatic heterocycles. The van der Waals surface area contributed by atoms with Crippen LogP contribution >= 0.6 is 0 Å². The number of pyridine rings is 1. The van der Waals surface area contributed by atoms with Crippen LogP contribution in [0, 0.1) is 6.92 Å². The molecule has 1 amide bonds. The van der Waals surface area contributed by atoms with Gasteiger partial charge in [0.05, 0.1) is 11.6 Å². The van der Waals surface area contributed by atoms with Gasteiger partial charge >= 0.3 is 0 Å². The maximum Gasteiger partial charge on any atom is 0.274 e. The van der Waals surface area contributed by atoms with E-state index in [4.69, 9.17) is 14.0 Å². The second kappa shape index (κ2) is 7.50. The molecule has 1 atom stereocenters. The van der Waals surface area contributed by atoms with Crippen molar-refractivity contribution in [2.24, 2.45) is 0 Å². The predicted octanol–water partition coefficient (Wildman–Crippen LogP) is 2.87. The number of hydrogen-bond donors (Lipinski definition) is 1. The van der Waals surface area contributed by atoms with Crippen LogP contribution in [0.15, 0.2) is 16.8 Å². The van der Waals surface area contributed by atoms with Crippen molar-refractivity contribution in [2.75, 3.05) is 13.2 Å². The first-order valence-electron chi connectivity index (χ1n) is 9.80. The zero-order chi connectivity index (χ0) is 19.7. The van der Waals surface area contributed by atoms with Crippen molar-refractivity contribution >= 4 is 5.91 Å². The minimum atomic E-state index is -0.808. The number of rotatable bonds is 7. The third-order valence-electron chi connectivity index (χ3n) is 5.10. The van der Waals surface area contributed by atoms with E-state index < -0.39 is 5.54 Å². The molecule has 1 unspecified atom stereocenters. The molecule has 0 bridgehead atoms. The number of aromatic nitrogens is 3. The second-order valence-corrected chi connectivity index (χ2v) is 8.05. The summed E-state index contributed by atoms with van der Waals surface area (Å²) in [6, 6.07) is 1.94. The van der Waals surface area contributed by atoms with E-state index >= 15 is 0 Å². The van der Waals surface area contributed by atoms with Gasteiger partial charge in [0.25, 0.3) is 5.91 Å². The van der Waals surface area contributed by atoms with Crippen molar-refractivity contribution in [3.8, 4) is 5.75 Å². The van der Waals surface area contributed by atoms with Crippen molar-refractivity contribution in [1.29, 1.82) is 0 Å². The van der Waals surface area contributed by atoms with Crippen LogP contribution in [0.4, 0.5) is 0 Å². The molecular formula is C20H26N4O4. The number of carbonyl (C=O) groups excluding carboxylic acids is 1. The van der Waals surface area contributed by atoms with E-state index in [-0.39, 0.29) is 17.7 Å². The Balaban J connectivity index is 1.53. The molecule has 1 aliphatic carbocycles. The lowest BCUT2D eigenvalue weighted by Crippen LogP contribution is -2.42. The maximum atomic E-state index is 13.0. The molecule has 1 N–H and O–H groups in total. The number of nitrogens with zero attached hydrogens (tertiary/aromatic N) is 3. The minimum absolute atomic E-state index is 0.0687. The van der Waals surface area contributed by atoms with Gasteiger partial charge in [-0.25, -0.2) is 4.98 Å². The number of aryl methyl sites for hydroxylation is 1. The first kappa shape index (κ1) is 18.9. The quantitative estimate of drug-likeness (QED) is 0.781. The molecule has 28 heavy (non-hydrogen) atoms. The smallest absolute Gasteiger partial charge is 0.274 e. The number of amides is 1. The summed E-state index contributed by atoms with van der Waals surface area (Å²) in [4.78, 5) is 21.6. The molecule has 1 saturated carbocycles. The highest BCUT2D eigenvalue weighted by Gasteiger charge is 2.32. The molecule has 0 aromatic carbocycles. The van der Waals surface area contributed by atoms with Gasteiger partial charge in [-0.05, 0) is 57.1 Å². The van der Waals surface area contributed by atoms with E-state index in [2.05, 4.69) is 20.4 Å². The number of carbonyl (C=O) groups is 1. The number of nitrogens with one attached hydrogen (secondary N) is 1. The van der Waals surface area contributed by atoms with E-state index in [0.717, 1.165) is 37.9 Å². The topological polar surface area (TPSA) is 99.4 Å². The first-order valence-corrected chi connectivity index (χ1v) is 9.80. The highest BCUT2D eigenvalue weighted by Crippen LogP contribution is 2.41. The van der Waals surface area contributed by atoms with Gasteiger partial charge in [-0.3, -0.25) is 4.79 Å². The molecule has 8 heteroatoms. The van der Waals surface area contributed by atoms with Crippen LogP contribution < -0.4 is 10.1 Å². The minimum Gasteiger partial charge on any atom is -0.488 e. The fourth-order valence-electron chi connectivity index (χ4n) is 3.29. The average molecular weight is 386 g/mol. The summed E-state index contributed by atoms with van der Waals surface area (Å²) >= 11 is 0. The zero-order valence-electron chi connectivity index (χ0n) is 16.5. The molecule has 2 aliphatic rings. The van der Waals surface area contributed by atoms with Crippen molar-refractivity contribution < 1.29 is 18.8 Å². The van der Waals surface area contributed by atoms with Gasteiger partial charge in [-0.1, -0.05) is 5.16 Å². The van der Waals surface area contributed by atoms with Gasteiger partial charge in [-0.2, -0.15) is 4.98 Å². The van der Waals surface area contributed by atoms with Crippen molar-refractivity contribution in [1.82, 2.24) is 20.4 Å². The van der Waals surface area contributed by atoms with Crippen LogP contribution in [-0.2, 0) is 10.3 Å². The molecule has 2 fully saturated rings. The Morgan fingerprint density at radius 1 is 1.36 bits per heavy atom. The molecule has 150 valence electrons. The van der Waals surface area contributed by atoms with Gasteiger partial charge < -0.3 is 19.3 Å². The Labute approximate surface area is 164 Å². The van der Waals surface area contributed by atoms with Crippen LogP contribution in [0.2, 0.25) is 0 Å². The fraction of sp³-hybridized carbons (Fsp3) is 0.600. The summed E-state index contributed by atoms with van der Waals surface area (Å²) in [5.74, 6) is 1.54. The summed E-state index contributed by atoms with van der Waals surface area (Å²) in [6.45, 7) is 6.54. The standard InChI is InChI=1S/C20H26N4O4/c1-12-22-19(24-28-12)20(2,3)23-18(25)17-16(27-11-15-5-4-8-26-15)9-14(10-21-17)13-6-7-13/h9-10,13,15H,4-8,11H2,1-3H3,(H,23,25). The lowest BCUT2D eigenvalue weighted by molar-refractivity contribution is 0.0665. The van der Waals surface area contributed by atoms with Crippen molar-refractivity contribution in [3.05, 3.63) is 35.2 Å². The van der Waals surface area contributed by atoms with E-state index in [0.29, 0.717) is 30.0 Å². The summed E-state index contributed by atoms with van der Waals surface area (Å²) in [6.07, 6.45) is 6.17. The van der Waals surface area contributed by atoms with Gasteiger partial charge in [-0.15, -0.1) is 0 Å². The van der Waals surface area contributed by atoms with Crippen LogP contribution in [0.3, 0.4) is 0 Å². The van der Waals surface area contributed by atoms with Gasteiger partial charge in [0.15, 0.2) is 17.3 Å². The third-order valence-corrected chi connectivity index (χ3v) is 5.10. The number of hydrogen-bond acceptors (Lipinski definition) is 7. The largest absolute Gasteiger partial charge is 0.488 e. The summed E-state index contributed by atoms with van der Waals surface area (Å²) < 4.78 is 16.7. The summed E-state index contributed by atoms with van der Waals surface area (Å²) in [5, 5.41) is 6.86. The third kappa shape index (κ3) is 4.16. The van der Waals surface area contributed by atoms with Crippen LogP contribution in [0.25, 0.3) is 0 Å². The van der Waals surface area contributed by atoms with Crippen LogP contribution in [-0.4, -0.2) is 40.3 Å². The normalized spacial score (nSPS) is 19.6. The SMILES string of the molecule is Cc1nc(C(C)(C)NC(=O)c2ncc(C3CC3)cc2OCC2CCCO2)no1. The lowest BCUT2D eigenvalue weighted by Gasteiger charge is -2.23. The predicted molar refractivity (Wildman–Crippen MR) is 100 cm³/mol. The highest BCUT2D eigenvalue weighted by atomic mass is 16.5. The fourth-order valence-corrected chi connectivity index (χ4v) is 3.29. The molecule has 0 spiro atoms. The zero-order valence-corrected chi connectivity index (χ0v) is 16.5. The van der Waals surface area contributed by atoms with Gasteiger partial charge in [0, 0.05) is 19.7 Å². The average Bonchev–Trinajstić information content (AvgIpc) is 3.19. The lowest BCUT2D eigenvalue weighted by atomic mass is 10.0. The Kier molecular flexibility index (Phi) is 5.05. The van der Waals surface area contributed by atoms with Crippen LogP contribution in [0.5, 0.6) is 5.75 Å². The van der Waals surface area contributed by atoms with E-state index in [1.54, 1.807) is 13.1 Å². The van der Waals surface area contributed by atoms with E-state index in [9.17, 15) is 4.79 Å². The first-order chi connectivity index (χ1) is 13.4. The summed E-state index contributed by atoms with van der Waals surface area (Å²) in [5.41, 5.74) is 0.569. The Bertz CT molecular complexity index is 854. The van der Waals surface area contributed by atoms with Gasteiger partial charge in [0.1, 0.15) is 6.61 Å². The van der Waals surface area contributed by atoms with Gasteiger partial charge in [0.2, 0.25) is 5.89 Å². The molecule has 8 nitrogen and oxygen atoms in total. The highest BCUT2D eigenvalue weighted by molar-refractivity contribution is 5.95. The van der Waals surface area contributed by atoms with Crippen LogP contribution in [0.1, 0.15) is 73.2 Å². The molecule has 3 heterocycles. The van der Waals surface area contributed by atoms with Crippen molar-refractivity contribution in [3.63, 3.8) is 0 Å². The molecule has 2 aromatic rings. The maximum absolute atomic E-state index is 13.0. The second-order valence-electron chi connectivity index (χ2n) is 8.05. The Hall–Kier alpha value is -2.48. The molecular weight excluding hydrogens is 360 g/mol. The molecule has 2 aromatic heterocycles. The number of ether oxygens (including phenoxy) is 2. The molecule has 4 rings (SSSR count). The summed E-state index contributed by atoms with van der Waals surface area (Å²) in [7, 11) is 0. The van der Waals surface area contributed by atoms with E-state index in [1.165, 1.54) is 0 Å². The van der Waals surface area contributed by atoms with Crippen molar-refractivity contribution in [2.45, 2.75) is 64.0 Å². The van der Waals surface area contributed by atoms with E-state index in [1.807, 2.05) is 19.9 Å².